The first kappa shape index (κ1) is 24.4. The molecule has 34 heavy (non-hydrogen) atoms. The van der Waals surface area contributed by atoms with Gasteiger partial charge in [0.15, 0.2) is 0 Å². The van der Waals surface area contributed by atoms with E-state index in [9.17, 15) is 0 Å². The summed E-state index contributed by atoms with van der Waals surface area (Å²) in [5.74, 6) is 0. The van der Waals surface area contributed by atoms with Gasteiger partial charge in [-0.1, -0.05) is 134 Å². The molecular formula is C30H34O2Si2. The van der Waals surface area contributed by atoms with E-state index < -0.39 is 16.6 Å². The van der Waals surface area contributed by atoms with Crippen LogP contribution in [0.25, 0.3) is 0 Å². The van der Waals surface area contributed by atoms with Crippen molar-refractivity contribution >= 4 is 37.4 Å². The average molecular weight is 483 g/mol. The summed E-state index contributed by atoms with van der Waals surface area (Å²) in [6.45, 7) is 0. The Labute approximate surface area is 206 Å². The van der Waals surface area contributed by atoms with E-state index in [1.54, 1.807) is 0 Å². The van der Waals surface area contributed by atoms with Crippen molar-refractivity contribution in [1.29, 1.82) is 0 Å². The fourth-order valence-electron chi connectivity index (χ4n) is 5.16. The first-order chi connectivity index (χ1) is 16.7. The fourth-order valence-corrected chi connectivity index (χ4v) is 12.8. The molecule has 0 bridgehead atoms. The third-order valence-electron chi connectivity index (χ3n) is 6.97. The zero-order valence-electron chi connectivity index (χ0n) is 20.2. The van der Waals surface area contributed by atoms with Crippen LogP contribution < -0.4 is 20.7 Å². The van der Waals surface area contributed by atoms with E-state index in [1.807, 2.05) is 14.2 Å². The minimum absolute atomic E-state index is 1.05. The second-order valence-corrected chi connectivity index (χ2v) is 16.2. The van der Waals surface area contributed by atoms with Gasteiger partial charge in [-0.3, -0.25) is 0 Å². The van der Waals surface area contributed by atoms with Crippen LogP contribution in [0.3, 0.4) is 0 Å². The number of hydrogen-bond donors (Lipinski definition) is 0. The lowest BCUT2D eigenvalue weighted by molar-refractivity contribution is 0.408. The maximum atomic E-state index is 6.46. The highest BCUT2D eigenvalue weighted by molar-refractivity contribution is 6.98. The summed E-state index contributed by atoms with van der Waals surface area (Å²) in [5.41, 5.74) is 0. The molecule has 0 N–H and O–H groups in total. The molecule has 0 heterocycles. The number of rotatable bonds is 11. The molecule has 0 aliphatic rings. The predicted octanol–water partition coefficient (Wildman–Crippen LogP) is 4.58. The summed E-state index contributed by atoms with van der Waals surface area (Å²) in [6, 6.07) is 45.4. The second-order valence-electron chi connectivity index (χ2n) is 8.73. The summed E-state index contributed by atoms with van der Waals surface area (Å²) in [7, 11) is -0.830. The van der Waals surface area contributed by atoms with Crippen molar-refractivity contribution in [2.75, 3.05) is 14.2 Å². The van der Waals surface area contributed by atoms with Crippen LogP contribution in [0, 0.1) is 0 Å². The Morgan fingerprint density at radius 2 is 0.647 bits per heavy atom. The predicted molar refractivity (Wildman–Crippen MR) is 149 cm³/mol. The van der Waals surface area contributed by atoms with Crippen molar-refractivity contribution < 1.29 is 8.85 Å². The molecule has 0 aliphatic carbocycles. The highest BCUT2D eigenvalue weighted by atomic mass is 28.4. The normalized spacial score (nSPS) is 11.9. The molecule has 0 saturated carbocycles. The van der Waals surface area contributed by atoms with Gasteiger partial charge in [0.1, 0.15) is 0 Å². The van der Waals surface area contributed by atoms with Gasteiger partial charge in [0.05, 0.1) is 0 Å². The minimum Gasteiger partial charge on any atom is -0.411 e. The van der Waals surface area contributed by atoms with E-state index in [4.69, 9.17) is 8.85 Å². The molecule has 4 aromatic carbocycles. The lowest BCUT2D eigenvalue weighted by Gasteiger charge is -2.33. The smallest absolute Gasteiger partial charge is 0.255 e. The Kier molecular flexibility index (Phi) is 8.30. The third-order valence-corrected chi connectivity index (χ3v) is 15.5. The highest BCUT2D eigenvalue weighted by Gasteiger charge is 2.40. The monoisotopic (exact) mass is 482 g/mol. The van der Waals surface area contributed by atoms with Crippen LogP contribution in [0.4, 0.5) is 0 Å². The van der Waals surface area contributed by atoms with E-state index in [0.29, 0.717) is 0 Å². The fraction of sp³-hybridized carbons (Fsp3) is 0.200. The maximum absolute atomic E-state index is 6.46. The van der Waals surface area contributed by atoms with Crippen LogP contribution in [-0.2, 0) is 8.85 Å². The highest BCUT2D eigenvalue weighted by Crippen LogP contribution is 2.21. The summed E-state index contributed by atoms with van der Waals surface area (Å²) in [5, 5.41) is 5.35. The van der Waals surface area contributed by atoms with Gasteiger partial charge in [0.25, 0.3) is 16.6 Å². The molecule has 0 fully saturated rings. The standard InChI is InChI=1S/C30H34O2Si2/c1-31-33(27-17-7-3-8-18-27,28-19-9-4-10-20-28)25-15-16-26-34(32-2,29-21-11-5-12-22-29)30-23-13-6-14-24-30/h3-14,17-24H,15-16,25-26H2,1-2H3. The number of hydrogen-bond acceptors (Lipinski definition) is 2. The Balaban J connectivity index is 1.60. The molecule has 0 radical (unpaired) electrons. The van der Waals surface area contributed by atoms with Crippen molar-refractivity contribution in [3.63, 3.8) is 0 Å². The molecule has 0 atom stereocenters. The van der Waals surface area contributed by atoms with E-state index in [1.165, 1.54) is 20.7 Å². The van der Waals surface area contributed by atoms with Crippen LogP contribution in [0.15, 0.2) is 121 Å². The Hall–Kier alpha value is -2.77. The molecule has 0 amide bonds. The summed E-state index contributed by atoms with van der Waals surface area (Å²) >= 11 is 0. The Bertz CT molecular complexity index is 948. The molecule has 174 valence electrons. The lowest BCUT2D eigenvalue weighted by Crippen LogP contribution is -2.61. The Morgan fingerprint density at radius 3 is 0.853 bits per heavy atom. The van der Waals surface area contributed by atoms with Crippen LogP contribution >= 0.6 is 0 Å². The maximum Gasteiger partial charge on any atom is 0.255 e. The van der Waals surface area contributed by atoms with Crippen LogP contribution in [0.5, 0.6) is 0 Å². The largest absolute Gasteiger partial charge is 0.411 e. The van der Waals surface area contributed by atoms with E-state index in [-0.39, 0.29) is 0 Å². The van der Waals surface area contributed by atoms with E-state index in [0.717, 1.165) is 24.9 Å². The Morgan fingerprint density at radius 1 is 0.412 bits per heavy atom. The van der Waals surface area contributed by atoms with Gasteiger partial charge in [0, 0.05) is 14.2 Å². The summed E-state index contributed by atoms with van der Waals surface area (Å²) in [4.78, 5) is 0. The SMILES string of the molecule is CO[Si](CCCC[Si](OC)(c1ccccc1)c1ccccc1)(c1ccccc1)c1ccccc1. The molecule has 0 aromatic heterocycles. The van der Waals surface area contributed by atoms with Gasteiger partial charge < -0.3 is 8.85 Å². The van der Waals surface area contributed by atoms with Crippen molar-refractivity contribution in [2.45, 2.75) is 24.9 Å². The molecule has 4 aromatic rings. The van der Waals surface area contributed by atoms with Gasteiger partial charge in [0.2, 0.25) is 0 Å². The molecule has 0 spiro atoms. The average Bonchev–Trinajstić information content (AvgIpc) is 2.93. The molecule has 0 unspecified atom stereocenters. The van der Waals surface area contributed by atoms with Gasteiger partial charge >= 0.3 is 0 Å². The molecule has 0 saturated heterocycles. The first-order valence-corrected chi connectivity index (χ1v) is 16.3. The minimum atomic E-state index is -2.31. The molecular weight excluding hydrogens is 449 g/mol. The van der Waals surface area contributed by atoms with Gasteiger partial charge in [-0.2, -0.15) is 0 Å². The molecule has 0 aliphatic heterocycles. The zero-order valence-corrected chi connectivity index (χ0v) is 22.2. The molecule has 4 rings (SSSR count). The number of benzene rings is 4. The number of unbranched alkanes of at least 4 members (excludes halogenated alkanes) is 1. The quantitative estimate of drug-likeness (QED) is 0.230. The van der Waals surface area contributed by atoms with Gasteiger partial charge in [-0.05, 0) is 32.8 Å². The van der Waals surface area contributed by atoms with E-state index >= 15 is 0 Å². The van der Waals surface area contributed by atoms with Crippen molar-refractivity contribution in [3.8, 4) is 0 Å². The van der Waals surface area contributed by atoms with Gasteiger partial charge in [-0.25, -0.2) is 0 Å². The summed E-state index contributed by atoms with van der Waals surface area (Å²) < 4.78 is 12.9. The van der Waals surface area contributed by atoms with Crippen molar-refractivity contribution in [3.05, 3.63) is 121 Å². The summed E-state index contributed by atoms with van der Waals surface area (Å²) in [6.07, 6.45) is 2.20. The van der Waals surface area contributed by atoms with Crippen LogP contribution in [-0.4, -0.2) is 30.9 Å². The lowest BCUT2D eigenvalue weighted by atomic mass is 10.3. The topological polar surface area (TPSA) is 18.5 Å². The second kappa shape index (κ2) is 11.6. The third kappa shape index (κ3) is 5.01. The zero-order chi connectivity index (χ0) is 23.7. The van der Waals surface area contributed by atoms with Crippen LogP contribution in [0.2, 0.25) is 12.1 Å². The first-order valence-electron chi connectivity index (χ1n) is 12.1. The molecule has 2 nitrogen and oxygen atoms in total. The van der Waals surface area contributed by atoms with E-state index in [2.05, 4.69) is 121 Å². The van der Waals surface area contributed by atoms with Crippen LogP contribution in [0.1, 0.15) is 12.8 Å². The molecule has 4 heteroatoms. The van der Waals surface area contributed by atoms with Gasteiger partial charge in [-0.15, -0.1) is 0 Å². The van der Waals surface area contributed by atoms with Crippen molar-refractivity contribution in [2.24, 2.45) is 0 Å². The van der Waals surface area contributed by atoms with Crippen molar-refractivity contribution in [1.82, 2.24) is 0 Å².